The molecule has 1 N–H and O–H groups in total. The molecular weight excluding hydrogens is 252 g/mol. The van der Waals surface area contributed by atoms with Crippen LogP contribution >= 0.6 is 0 Å². The van der Waals surface area contributed by atoms with Crippen molar-refractivity contribution in [2.24, 2.45) is 0 Å². The highest BCUT2D eigenvalue weighted by Crippen LogP contribution is 2.27. The summed E-state index contributed by atoms with van der Waals surface area (Å²) in [4.78, 5) is 0. The molecule has 106 valence electrons. The number of hydrogen-bond acceptors (Lipinski definition) is 3. The standard InChI is InChI=1S/C12H24N2O3S/c15-11-10-14(12-6-2-3-7-12)18(16,17)13-8-4-1-5-9-13/h12,15H,1-11H2. The number of rotatable bonds is 5. The highest BCUT2D eigenvalue weighted by molar-refractivity contribution is 7.86. The SMILES string of the molecule is O=S(=O)(N1CCCCC1)N(CCO)C1CCCC1. The van der Waals surface area contributed by atoms with Crippen molar-refractivity contribution >= 4 is 10.2 Å². The van der Waals surface area contributed by atoms with Crippen LogP contribution in [0.4, 0.5) is 0 Å². The van der Waals surface area contributed by atoms with Crippen molar-refractivity contribution in [1.82, 2.24) is 8.61 Å². The van der Waals surface area contributed by atoms with Crippen molar-refractivity contribution in [2.45, 2.75) is 51.0 Å². The van der Waals surface area contributed by atoms with Gasteiger partial charge in [0.25, 0.3) is 10.2 Å². The van der Waals surface area contributed by atoms with Gasteiger partial charge in [0.05, 0.1) is 6.61 Å². The van der Waals surface area contributed by atoms with E-state index in [1.54, 1.807) is 8.61 Å². The third-order valence-corrected chi connectivity index (χ3v) is 6.08. The molecule has 0 bridgehead atoms. The summed E-state index contributed by atoms with van der Waals surface area (Å²) in [6, 6.07) is 0.101. The van der Waals surface area contributed by atoms with Gasteiger partial charge in [-0.1, -0.05) is 19.3 Å². The first-order chi connectivity index (χ1) is 8.66. The minimum Gasteiger partial charge on any atom is -0.395 e. The summed E-state index contributed by atoms with van der Waals surface area (Å²) in [5.74, 6) is 0. The Labute approximate surface area is 110 Å². The summed E-state index contributed by atoms with van der Waals surface area (Å²) in [5, 5.41) is 9.13. The van der Waals surface area contributed by atoms with E-state index in [1.165, 1.54) is 0 Å². The molecule has 1 aliphatic heterocycles. The lowest BCUT2D eigenvalue weighted by molar-refractivity contribution is 0.210. The number of piperidine rings is 1. The third kappa shape index (κ3) is 3.04. The van der Waals surface area contributed by atoms with E-state index in [9.17, 15) is 8.42 Å². The molecule has 18 heavy (non-hydrogen) atoms. The maximum absolute atomic E-state index is 12.6. The molecule has 0 aromatic carbocycles. The largest absolute Gasteiger partial charge is 0.395 e. The second-order valence-corrected chi connectivity index (χ2v) is 7.12. The van der Waals surface area contributed by atoms with Crippen LogP contribution in [-0.2, 0) is 10.2 Å². The van der Waals surface area contributed by atoms with E-state index in [-0.39, 0.29) is 19.2 Å². The Morgan fingerprint density at radius 2 is 1.67 bits per heavy atom. The predicted molar refractivity (Wildman–Crippen MR) is 70.4 cm³/mol. The molecule has 2 fully saturated rings. The normalized spacial score (nSPS) is 23.9. The predicted octanol–water partition coefficient (Wildman–Crippen LogP) is 0.954. The zero-order chi connectivity index (χ0) is 13.0. The Morgan fingerprint density at radius 1 is 1.06 bits per heavy atom. The Morgan fingerprint density at radius 3 is 2.22 bits per heavy atom. The average molecular weight is 276 g/mol. The molecule has 1 saturated heterocycles. The Kier molecular flexibility index (Phi) is 5.00. The first-order valence-electron chi connectivity index (χ1n) is 7.04. The molecule has 0 aromatic heterocycles. The first kappa shape index (κ1) is 14.2. The van der Waals surface area contributed by atoms with Crippen molar-refractivity contribution in [3.8, 4) is 0 Å². The molecule has 0 amide bonds. The summed E-state index contributed by atoms with van der Waals surface area (Å²) >= 11 is 0. The van der Waals surface area contributed by atoms with Crippen molar-refractivity contribution in [1.29, 1.82) is 0 Å². The van der Waals surface area contributed by atoms with Crippen LogP contribution in [0.25, 0.3) is 0 Å². The lowest BCUT2D eigenvalue weighted by atomic mass is 10.2. The van der Waals surface area contributed by atoms with Crippen LogP contribution in [0.3, 0.4) is 0 Å². The van der Waals surface area contributed by atoms with Crippen molar-refractivity contribution in [2.75, 3.05) is 26.2 Å². The molecule has 2 aliphatic rings. The van der Waals surface area contributed by atoms with Crippen molar-refractivity contribution < 1.29 is 13.5 Å². The molecule has 5 nitrogen and oxygen atoms in total. The highest BCUT2D eigenvalue weighted by Gasteiger charge is 2.36. The van der Waals surface area contributed by atoms with Crippen LogP contribution < -0.4 is 0 Å². The van der Waals surface area contributed by atoms with E-state index in [0.29, 0.717) is 13.1 Å². The zero-order valence-electron chi connectivity index (χ0n) is 10.9. The second kappa shape index (κ2) is 6.32. The zero-order valence-corrected chi connectivity index (χ0v) is 11.7. The van der Waals surface area contributed by atoms with Gasteiger partial charge in [-0.15, -0.1) is 0 Å². The van der Waals surface area contributed by atoms with Crippen LogP contribution in [0, 0.1) is 0 Å². The molecule has 0 spiro atoms. The number of hydrogen-bond donors (Lipinski definition) is 1. The molecule has 0 radical (unpaired) electrons. The molecule has 6 heteroatoms. The van der Waals surface area contributed by atoms with E-state index in [0.717, 1.165) is 44.9 Å². The van der Waals surface area contributed by atoms with Crippen LogP contribution in [0.2, 0.25) is 0 Å². The van der Waals surface area contributed by atoms with Crippen molar-refractivity contribution in [3.63, 3.8) is 0 Å². The number of nitrogens with zero attached hydrogens (tertiary/aromatic N) is 2. The monoisotopic (exact) mass is 276 g/mol. The maximum Gasteiger partial charge on any atom is 0.282 e. The summed E-state index contributed by atoms with van der Waals surface area (Å²) in [5.41, 5.74) is 0. The van der Waals surface area contributed by atoms with E-state index in [1.807, 2.05) is 0 Å². The molecule has 1 aliphatic carbocycles. The minimum atomic E-state index is -3.36. The van der Waals surface area contributed by atoms with Crippen LogP contribution in [-0.4, -0.2) is 54.4 Å². The fourth-order valence-electron chi connectivity index (χ4n) is 3.02. The van der Waals surface area contributed by atoms with Gasteiger partial charge in [-0.3, -0.25) is 0 Å². The number of aliphatic hydroxyl groups excluding tert-OH is 1. The second-order valence-electron chi connectivity index (χ2n) is 5.24. The first-order valence-corrected chi connectivity index (χ1v) is 8.44. The number of aliphatic hydroxyl groups is 1. The molecular formula is C12H24N2O3S. The molecule has 1 heterocycles. The molecule has 1 saturated carbocycles. The highest BCUT2D eigenvalue weighted by atomic mass is 32.2. The van der Waals surface area contributed by atoms with Crippen LogP contribution in [0.1, 0.15) is 44.9 Å². The Hall–Kier alpha value is -0.170. The minimum absolute atomic E-state index is 0.0937. The fourth-order valence-corrected chi connectivity index (χ4v) is 4.94. The Bertz CT molecular complexity index is 346. The van der Waals surface area contributed by atoms with Gasteiger partial charge in [0.2, 0.25) is 0 Å². The van der Waals surface area contributed by atoms with Gasteiger partial charge in [-0.05, 0) is 25.7 Å². The average Bonchev–Trinajstić information content (AvgIpc) is 2.90. The van der Waals surface area contributed by atoms with E-state index >= 15 is 0 Å². The summed E-state index contributed by atoms with van der Waals surface area (Å²) in [7, 11) is -3.36. The topological polar surface area (TPSA) is 60.9 Å². The molecule has 0 aromatic rings. The van der Waals surface area contributed by atoms with Gasteiger partial charge in [-0.25, -0.2) is 0 Å². The van der Waals surface area contributed by atoms with Crippen LogP contribution in [0.15, 0.2) is 0 Å². The lowest BCUT2D eigenvalue weighted by Crippen LogP contribution is -2.50. The summed E-state index contributed by atoms with van der Waals surface area (Å²) < 4.78 is 28.4. The quantitative estimate of drug-likeness (QED) is 0.813. The third-order valence-electron chi connectivity index (χ3n) is 3.99. The van der Waals surface area contributed by atoms with Gasteiger partial charge in [0.1, 0.15) is 0 Å². The maximum atomic E-state index is 12.6. The van der Waals surface area contributed by atoms with Crippen LogP contribution in [0.5, 0.6) is 0 Å². The summed E-state index contributed by atoms with van der Waals surface area (Å²) in [6.45, 7) is 1.42. The van der Waals surface area contributed by atoms with Gasteiger partial charge in [-0.2, -0.15) is 17.0 Å². The Balaban J connectivity index is 2.11. The fraction of sp³-hybridized carbons (Fsp3) is 1.00. The van der Waals surface area contributed by atoms with E-state index in [2.05, 4.69) is 0 Å². The smallest absolute Gasteiger partial charge is 0.282 e. The molecule has 0 atom stereocenters. The lowest BCUT2D eigenvalue weighted by Gasteiger charge is -2.34. The summed E-state index contributed by atoms with van der Waals surface area (Å²) in [6.07, 6.45) is 7.10. The molecule has 0 unspecified atom stereocenters. The van der Waals surface area contributed by atoms with Gasteiger partial charge < -0.3 is 5.11 Å². The van der Waals surface area contributed by atoms with E-state index < -0.39 is 10.2 Å². The van der Waals surface area contributed by atoms with Gasteiger partial charge in [0.15, 0.2) is 0 Å². The molecule has 2 rings (SSSR count). The van der Waals surface area contributed by atoms with Crippen molar-refractivity contribution in [3.05, 3.63) is 0 Å². The van der Waals surface area contributed by atoms with Gasteiger partial charge >= 0.3 is 0 Å². The van der Waals surface area contributed by atoms with Gasteiger partial charge in [0, 0.05) is 25.7 Å². The van der Waals surface area contributed by atoms with E-state index in [4.69, 9.17) is 5.11 Å².